The van der Waals surface area contributed by atoms with Crippen molar-refractivity contribution >= 4 is 24.1 Å². The largest absolute Gasteiger partial charge is 0.447 e. The number of ether oxygens (including phenoxy) is 3. The van der Waals surface area contributed by atoms with Crippen LogP contribution in [0, 0.1) is 0 Å². The van der Waals surface area contributed by atoms with Crippen LogP contribution < -0.4 is 5.43 Å². The molecule has 10 nitrogen and oxygen atoms in total. The highest BCUT2D eigenvalue weighted by molar-refractivity contribution is 5.96. The van der Waals surface area contributed by atoms with Gasteiger partial charge >= 0.3 is 18.3 Å². The summed E-state index contributed by atoms with van der Waals surface area (Å²) in [6.07, 6.45) is -1.85. The van der Waals surface area contributed by atoms with Crippen molar-refractivity contribution in [1.82, 2.24) is 15.3 Å². The van der Waals surface area contributed by atoms with E-state index < -0.39 is 30.5 Å². The summed E-state index contributed by atoms with van der Waals surface area (Å²) in [6, 6.07) is 8.67. The van der Waals surface area contributed by atoms with Crippen LogP contribution >= 0.6 is 0 Å². The smallest absolute Gasteiger partial charge is 0.433 e. The standard InChI is InChI=1S/C22H29N3O7/c1-15(2)31-20(27)23-25(22(29)32-16(3)4)18(14-24-12-13-30-21(24)28)10-11-19(26)17-8-6-5-7-9-17/h5-9,14-16H,10-13H2,1-4H3,(H,23,27)/b18-14-. The van der Waals surface area contributed by atoms with Crippen LogP contribution in [0.15, 0.2) is 42.2 Å². The van der Waals surface area contributed by atoms with Crippen LogP contribution in [0.4, 0.5) is 14.4 Å². The maximum atomic E-state index is 12.8. The van der Waals surface area contributed by atoms with Crippen molar-refractivity contribution in [1.29, 1.82) is 0 Å². The molecule has 0 saturated carbocycles. The van der Waals surface area contributed by atoms with E-state index in [0.717, 1.165) is 5.01 Å². The number of hydrogen-bond acceptors (Lipinski definition) is 7. The third kappa shape index (κ3) is 7.60. The van der Waals surface area contributed by atoms with E-state index in [1.165, 1.54) is 11.1 Å². The van der Waals surface area contributed by atoms with Crippen molar-refractivity contribution in [2.24, 2.45) is 0 Å². The minimum atomic E-state index is -0.884. The zero-order chi connectivity index (χ0) is 23.7. The van der Waals surface area contributed by atoms with E-state index in [2.05, 4.69) is 5.43 Å². The quantitative estimate of drug-likeness (QED) is 0.366. The Kier molecular flexibility index (Phi) is 9.06. The second kappa shape index (κ2) is 11.7. The first-order chi connectivity index (χ1) is 15.2. The first-order valence-electron chi connectivity index (χ1n) is 10.4. The fourth-order valence-corrected chi connectivity index (χ4v) is 2.77. The second-order valence-corrected chi connectivity index (χ2v) is 7.55. The van der Waals surface area contributed by atoms with Gasteiger partial charge in [0.1, 0.15) is 6.61 Å². The number of nitrogens with one attached hydrogen (secondary N) is 1. The summed E-state index contributed by atoms with van der Waals surface area (Å²) in [5.74, 6) is -0.164. The molecule has 1 heterocycles. The van der Waals surface area contributed by atoms with Gasteiger partial charge in [-0.1, -0.05) is 30.3 Å². The molecule has 1 aromatic rings. The fraction of sp³-hybridized carbons (Fsp3) is 0.455. The number of hydrogen-bond donors (Lipinski definition) is 1. The molecule has 0 radical (unpaired) electrons. The molecule has 10 heteroatoms. The fourth-order valence-electron chi connectivity index (χ4n) is 2.77. The molecule has 1 N–H and O–H groups in total. The maximum absolute atomic E-state index is 12.8. The molecule has 0 aliphatic carbocycles. The molecule has 0 bridgehead atoms. The minimum Gasteiger partial charge on any atom is -0.447 e. The van der Waals surface area contributed by atoms with Gasteiger partial charge in [0.25, 0.3) is 0 Å². The third-order valence-electron chi connectivity index (χ3n) is 4.15. The van der Waals surface area contributed by atoms with E-state index in [0.29, 0.717) is 5.56 Å². The predicted octanol–water partition coefficient (Wildman–Crippen LogP) is 3.84. The SMILES string of the molecule is CC(C)OC(=O)NN(C(=O)OC(C)C)/C(=C\N1CCOC1=O)CCC(=O)c1ccccc1. The van der Waals surface area contributed by atoms with Gasteiger partial charge in [-0.3, -0.25) is 9.69 Å². The lowest BCUT2D eigenvalue weighted by molar-refractivity contribution is 0.0563. The number of nitrogens with zero attached hydrogens (tertiary/aromatic N) is 2. The number of carbonyl (C=O) groups excluding carboxylic acids is 4. The topological polar surface area (TPSA) is 114 Å². The molecule has 1 aliphatic rings. The monoisotopic (exact) mass is 447 g/mol. The van der Waals surface area contributed by atoms with Gasteiger partial charge in [-0.25, -0.2) is 19.8 Å². The average molecular weight is 447 g/mol. The molecule has 1 fully saturated rings. The van der Waals surface area contributed by atoms with Gasteiger partial charge in [0.2, 0.25) is 0 Å². The van der Waals surface area contributed by atoms with Crippen molar-refractivity contribution in [3.63, 3.8) is 0 Å². The maximum Gasteiger partial charge on any atom is 0.433 e. The Bertz CT molecular complexity index is 852. The Balaban J connectivity index is 2.30. The zero-order valence-corrected chi connectivity index (χ0v) is 18.7. The van der Waals surface area contributed by atoms with E-state index >= 15 is 0 Å². The van der Waals surface area contributed by atoms with Crippen molar-refractivity contribution < 1.29 is 33.4 Å². The van der Waals surface area contributed by atoms with E-state index in [1.807, 2.05) is 0 Å². The van der Waals surface area contributed by atoms with Crippen LogP contribution in [0.2, 0.25) is 0 Å². The van der Waals surface area contributed by atoms with Crippen LogP contribution in [0.1, 0.15) is 50.9 Å². The Hall–Kier alpha value is -3.56. The molecule has 0 atom stereocenters. The van der Waals surface area contributed by atoms with Crippen molar-refractivity contribution in [3.05, 3.63) is 47.8 Å². The number of benzene rings is 1. The first-order valence-corrected chi connectivity index (χ1v) is 10.4. The highest BCUT2D eigenvalue weighted by Crippen LogP contribution is 2.18. The van der Waals surface area contributed by atoms with Gasteiger partial charge in [-0.05, 0) is 34.1 Å². The van der Waals surface area contributed by atoms with Gasteiger partial charge in [0.05, 0.1) is 24.4 Å². The summed E-state index contributed by atoms with van der Waals surface area (Å²) in [5.41, 5.74) is 3.02. The van der Waals surface area contributed by atoms with Crippen molar-refractivity contribution in [2.75, 3.05) is 13.2 Å². The number of hydrazine groups is 1. The molecule has 0 spiro atoms. The first kappa shape index (κ1) is 24.7. The molecule has 1 aromatic carbocycles. The predicted molar refractivity (Wildman–Crippen MR) is 114 cm³/mol. The Labute approximate surface area is 187 Å². The van der Waals surface area contributed by atoms with Gasteiger partial charge in [0.15, 0.2) is 5.78 Å². The number of cyclic esters (lactones) is 1. The van der Waals surface area contributed by atoms with Gasteiger partial charge in [0, 0.05) is 18.2 Å². The van der Waals surface area contributed by atoms with Gasteiger partial charge in [-0.2, -0.15) is 5.01 Å². The number of ketones is 1. The van der Waals surface area contributed by atoms with Crippen LogP contribution in [-0.4, -0.2) is 59.3 Å². The van der Waals surface area contributed by atoms with E-state index in [-0.39, 0.29) is 37.5 Å². The minimum absolute atomic E-state index is 0.0189. The molecule has 0 aromatic heterocycles. The molecule has 2 rings (SSSR count). The Morgan fingerprint density at radius 1 is 1.09 bits per heavy atom. The molecule has 1 saturated heterocycles. The van der Waals surface area contributed by atoms with E-state index in [1.54, 1.807) is 58.0 Å². The van der Waals surface area contributed by atoms with E-state index in [4.69, 9.17) is 14.2 Å². The molecule has 174 valence electrons. The number of amides is 3. The number of carbonyl (C=O) groups is 4. The van der Waals surface area contributed by atoms with Crippen LogP contribution in [-0.2, 0) is 14.2 Å². The van der Waals surface area contributed by atoms with Crippen LogP contribution in [0.3, 0.4) is 0 Å². The highest BCUT2D eigenvalue weighted by Gasteiger charge is 2.28. The summed E-state index contributed by atoms with van der Waals surface area (Å²) in [6.45, 7) is 7.08. The lowest BCUT2D eigenvalue weighted by atomic mass is 10.1. The van der Waals surface area contributed by atoms with Crippen molar-refractivity contribution in [3.8, 4) is 0 Å². The van der Waals surface area contributed by atoms with Gasteiger partial charge < -0.3 is 14.2 Å². The molecule has 3 amide bonds. The second-order valence-electron chi connectivity index (χ2n) is 7.55. The molecule has 32 heavy (non-hydrogen) atoms. The Morgan fingerprint density at radius 2 is 1.75 bits per heavy atom. The normalized spacial score (nSPS) is 13.8. The lowest BCUT2D eigenvalue weighted by Gasteiger charge is -2.27. The number of allylic oxidation sites excluding steroid dienone is 1. The number of rotatable bonds is 8. The lowest BCUT2D eigenvalue weighted by Crippen LogP contribution is -2.47. The summed E-state index contributed by atoms with van der Waals surface area (Å²) in [4.78, 5) is 50.8. The molecule has 1 aliphatic heterocycles. The zero-order valence-electron chi connectivity index (χ0n) is 18.7. The highest BCUT2D eigenvalue weighted by atomic mass is 16.6. The molecular formula is C22H29N3O7. The Morgan fingerprint density at radius 3 is 2.31 bits per heavy atom. The van der Waals surface area contributed by atoms with Gasteiger partial charge in [-0.15, -0.1) is 0 Å². The average Bonchev–Trinajstić information content (AvgIpc) is 3.13. The molecule has 0 unspecified atom stereocenters. The third-order valence-corrected chi connectivity index (χ3v) is 4.15. The summed E-state index contributed by atoms with van der Waals surface area (Å²) < 4.78 is 15.2. The van der Waals surface area contributed by atoms with Crippen molar-refractivity contribution in [2.45, 2.75) is 52.7 Å². The summed E-state index contributed by atoms with van der Waals surface area (Å²) >= 11 is 0. The van der Waals surface area contributed by atoms with Crippen LogP contribution in [0.5, 0.6) is 0 Å². The summed E-state index contributed by atoms with van der Waals surface area (Å²) in [7, 11) is 0. The molecular weight excluding hydrogens is 418 g/mol. The van der Waals surface area contributed by atoms with E-state index in [9.17, 15) is 19.2 Å². The summed E-state index contributed by atoms with van der Waals surface area (Å²) in [5, 5.41) is 0.856. The number of Topliss-reactive ketones (excluding diaryl/α,β-unsaturated/α-hetero) is 1. The van der Waals surface area contributed by atoms with Crippen LogP contribution in [0.25, 0.3) is 0 Å².